The predicted octanol–water partition coefficient (Wildman–Crippen LogP) is 1.00. The van der Waals surface area contributed by atoms with Crippen LogP contribution in [0.15, 0.2) is 0 Å². The minimum Gasteiger partial charge on any atom is -0.433 e. The second kappa shape index (κ2) is 6.58. The highest BCUT2D eigenvalue weighted by molar-refractivity contribution is 5.83. The van der Waals surface area contributed by atoms with Gasteiger partial charge < -0.3 is 19.7 Å². The third-order valence-corrected chi connectivity index (χ3v) is 2.19. The van der Waals surface area contributed by atoms with Crippen LogP contribution in [0.25, 0.3) is 0 Å². The van der Waals surface area contributed by atoms with Gasteiger partial charge in [-0.05, 0) is 27.7 Å². The number of nitrogens with one attached hydrogen (secondary N) is 1. The largest absolute Gasteiger partial charge is 0.433 e. The first-order valence-corrected chi connectivity index (χ1v) is 5.81. The molecule has 6 heteroatoms. The molecule has 0 unspecified atom stereocenters. The fourth-order valence-corrected chi connectivity index (χ4v) is 1.18. The minimum absolute atomic E-state index is 0.312. The second-order valence-electron chi connectivity index (χ2n) is 5.37. The standard InChI is InChI=1S/C12H24N2O4/c1-8(17-7)9(10(15)14(5)6)18-11(16)13-12(2,3)4/h8-9H,1-7H3,(H,13,16)/t8-,9+/m1/s1. The van der Waals surface area contributed by atoms with Gasteiger partial charge in [0.05, 0.1) is 0 Å². The lowest BCUT2D eigenvalue weighted by Gasteiger charge is -2.27. The van der Waals surface area contributed by atoms with Gasteiger partial charge in [0.15, 0.2) is 0 Å². The highest BCUT2D eigenvalue weighted by atomic mass is 16.6. The lowest BCUT2D eigenvalue weighted by molar-refractivity contribution is -0.144. The number of ether oxygens (including phenoxy) is 2. The number of methoxy groups -OCH3 is 1. The number of hydrogen-bond acceptors (Lipinski definition) is 4. The summed E-state index contributed by atoms with van der Waals surface area (Å²) in [6, 6.07) is 0. The van der Waals surface area contributed by atoms with Crippen molar-refractivity contribution in [2.45, 2.75) is 45.4 Å². The molecule has 0 aliphatic rings. The molecule has 2 amide bonds. The molecular weight excluding hydrogens is 236 g/mol. The molecule has 0 bridgehead atoms. The summed E-state index contributed by atoms with van der Waals surface area (Å²) in [5.74, 6) is -0.312. The van der Waals surface area contributed by atoms with E-state index in [1.54, 1.807) is 21.0 Å². The van der Waals surface area contributed by atoms with Crippen LogP contribution in [0.3, 0.4) is 0 Å². The molecule has 0 aromatic carbocycles. The predicted molar refractivity (Wildman–Crippen MR) is 68.3 cm³/mol. The van der Waals surface area contributed by atoms with Crippen LogP contribution in [0.1, 0.15) is 27.7 Å². The molecule has 0 rings (SSSR count). The maximum atomic E-state index is 11.9. The summed E-state index contributed by atoms with van der Waals surface area (Å²) in [6.45, 7) is 7.17. The van der Waals surface area contributed by atoms with Crippen molar-refractivity contribution in [3.63, 3.8) is 0 Å². The average Bonchev–Trinajstić information content (AvgIpc) is 2.21. The van der Waals surface area contributed by atoms with Gasteiger partial charge >= 0.3 is 6.09 Å². The van der Waals surface area contributed by atoms with Gasteiger partial charge in [-0.1, -0.05) is 0 Å². The molecule has 1 N–H and O–H groups in total. The van der Waals surface area contributed by atoms with Crippen LogP contribution in [-0.2, 0) is 14.3 Å². The number of alkyl carbamates (subject to hydrolysis) is 1. The molecule has 106 valence electrons. The van der Waals surface area contributed by atoms with Gasteiger partial charge in [-0.3, -0.25) is 4.79 Å². The van der Waals surface area contributed by atoms with Crippen molar-refractivity contribution >= 4 is 12.0 Å². The Labute approximate surface area is 109 Å². The van der Waals surface area contributed by atoms with E-state index in [1.165, 1.54) is 12.0 Å². The first-order valence-electron chi connectivity index (χ1n) is 5.81. The Bertz CT molecular complexity index is 297. The maximum absolute atomic E-state index is 11.9. The summed E-state index contributed by atoms with van der Waals surface area (Å²) >= 11 is 0. The van der Waals surface area contributed by atoms with Gasteiger partial charge in [0.2, 0.25) is 6.10 Å². The molecule has 0 fully saturated rings. The van der Waals surface area contributed by atoms with Gasteiger partial charge in [0.1, 0.15) is 6.10 Å². The zero-order chi connectivity index (χ0) is 14.5. The van der Waals surface area contributed by atoms with E-state index in [0.29, 0.717) is 0 Å². The molecule has 0 aromatic heterocycles. The molecule has 18 heavy (non-hydrogen) atoms. The zero-order valence-corrected chi connectivity index (χ0v) is 12.2. The van der Waals surface area contributed by atoms with E-state index in [-0.39, 0.29) is 5.91 Å². The first-order chi connectivity index (χ1) is 8.08. The Morgan fingerprint density at radius 3 is 2.06 bits per heavy atom. The molecular formula is C12H24N2O4. The number of likely N-dealkylation sites (N-methyl/N-ethyl adjacent to an activating group) is 1. The third-order valence-electron chi connectivity index (χ3n) is 2.19. The van der Waals surface area contributed by atoms with E-state index >= 15 is 0 Å². The second-order valence-corrected chi connectivity index (χ2v) is 5.37. The zero-order valence-electron chi connectivity index (χ0n) is 12.2. The number of rotatable bonds is 4. The SMILES string of the molecule is CO[C@H](C)[C@H](OC(=O)NC(C)(C)C)C(=O)N(C)C. The molecule has 0 aliphatic carbocycles. The molecule has 0 saturated heterocycles. The van der Waals surface area contributed by atoms with Crippen molar-refractivity contribution in [2.24, 2.45) is 0 Å². The number of hydrogen-bond donors (Lipinski definition) is 1. The monoisotopic (exact) mass is 260 g/mol. The van der Waals surface area contributed by atoms with Crippen LogP contribution >= 0.6 is 0 Å². The Hall–Kier alpha value is -1.30. The summed E-state index contributed by atoms with van der Waals surface area (Å²) in [5, 5.41) is 2.63. The summed E-state index contributed by atoms with van der Waals surface area (Å²) in [5.41, 5.74) is -0.418. The van der Waals surface area contributed by atoms with E-state index < -0.39 is 23.8 Å². The van der Waals surface area contributed by atoms with Crippen molar-refractivity contribution in [1.82, 2.24) is 10.2 Å². The first kappa shape index (κ1) is 16.7. The van der Waals surface area contributed by atoms with Crippen LogP contribution in [0.5, 0.6) is 0 Å². The number of carbonyl (C=O) groups is 2. The maximum Gasteiger partial charge on any atom is 0.408 e. The Kier molecular flexibility index (Phi) is 6.11. The van der Waals surface area contributed by atoms with Crippen LogP contribution in [0, 0.1) is 0 Å². The van der Waals surface area contributed by atoms with Gasteiger partial charge in [0.25, 0.3) is 5.91 Å². The van der Waals surface area contributed by atoms with Crippen molar-refractivity contribution in [3.05, 3.63) is 0 Å². The molecule has 0 aromatic rings. The van der Waals surface area contributed by atoms with Crippen molar-refractivity contribution < 1.29 is 19.1 Å². The molecule has 0 radical (unpaired) electrons. The molecule has 6 nitrogen and oxygen atoms in total. The molecule has 0 spiro atoms. The lowest BCUT2D eigenvalue weighted by Crippen LogP contribution is -2.49. The quantitative estimate of drug-likeness (QED) is 0.819. The van der Waals surface area contributed by atoms with E-state index in [2.05, 4.69) is 5.32 Å². The number of amides is 2. The fourth-order valence-electron chi connectivity index (χ4n) is 1.18. The molecule has 0 saturated carbocycles. The van der Waals surface area contributed by atoms with Gasteiger partial charge in [-0.2, -0.15) is 0 Å². The normalized spacial score (nSPS) is 14.6. The van der Waals surface area contributed by atoms with Gasteiger partial charge in [-0.15, -0.1) is 0 Å². The third kappa shape index (κ3) is 5.86. The molecule has 0 heterocycles. The van der Waals surface area contributed by atoms with E-state index in [1.807, 2.05) is 20.8 Å². The topological polar surface area (TPSA) is 67.9 Å². The van der Waals surface area contributed by atoms with Crippen molar-refractivity contribution in [1.29, 1.82) is 0 Å². The summed E-state index contributed by atoms with van der Waals surface area (Å²) in [6.07, 6.45) is -2.09. The summed E-state index contributed by atoms with van der Waals surface area (Å²) in [4.78, 5) is 24.9. The van der Waals surface area contributed by atoms with Crippen LogP contribution < -0.4 is 5.32 Å². The van der Waals surface area contributed by atoms with Crippen LogP contribution in [0.4, 0.5) is 4.79 Å². The average molecular weight is 260 g/mol. The van der Waals surface area contributed by atoms with Crippen LogP contribution in [-0.4, -0.2) is 55.9 Å². The lowest BCUT2D eigenvalue weighted by atomic mass is 10.1. The van der Waals surface area contributed by atoms with Gasteiger partial charge in [-0.25, -0.2) is 4.79 Å². The Morgan fingerprint density at radius 1 is 1.22 bits per heavy atom. The number of nitrogens with zero attached hydrogens (tertiary/aromatic N) is 1. The smallest absolute Gasteiger partial charge is 0.408 e. The molecule has 0 aliphatic heterocycles. The fraction of sp³-hybridized carbons (Fsp3) is 0.833. The van der Waals surface area contributed by atoms with E-state index in [0.717, 1.165) is 0 Å². The highest BCUT2D eigenvalue weighted by Gasteiger charge is 2.31. The minimum atomic E-state index is -0.952. The Morgan fingerprint density at radius 2 is 1.72 bits per heavy atom. The van der Waals surface area contributed by atoms with E-state index in [9.17, 15) is 9.59 Å². The molecule has 2 atom stereocenters. The van der Waals surface area contributed by atoms with Gasteiger partial charge in [0, 0.05) is 26.7 Å². The van der Waals surface area contributed by atoms with Crippen molar-refractivity contribution in [2.75, 3.05) is 21.2 Å². The highest BCUT2D eigenvalue weighted by Crippen LogP contribution is 2.08. The van der Waals surface area contributed by atoms with Crippen molar-refractivity contribution in [3.8, 4) is 0 Å². The van der Waals surface area contributed by atoms with Crippen LogP contribution in [0.2, 0.25) is 0 Å². The summed E-state index contributed by atoms with van der Waals surface area (Å²) in [7, 11) is 4.66. The van der Waals surface area contributed by atoms with E-state index in [4.69, 9.17) is 9.47 Å². The Balaban J connectivity index is 4.71. The number of carbonyl (C=O) groups excluding carboxylic acids is 2. The summed E-state index contributed by atoms with van der Waals surface area (Å²) < 4.78 is 10.2.